The van der Waals surface area contributed by atoms with Gasteiger partial charge in [-0.15, -0.1) is 11.3 Å². The maximum Gasteiger partial charge on any atom is 0.261 e. The van der Waals surface area contributed by atoms with Crippen LogP contribution >= 0.6 is 11.3 Å². The number of amides is 1. The van der Waals surface area contributed by atoms with Gasteiger partial charge in [0.05, 0.1) is 18.1 Å². The minimum Gasteiger partial charge on any atom is -0.490 e. The Morgan fingerprint density at radius 3 is 2.46 bits per heavy atom. The highest BCUT2D eigenvalue weighted by Crippen LogP contribution is 2.29. The zero-order chi connectivity index (χ0) is 19.8. The van der Waals surface area contributed by atoms with Gasteiger partial charge < -0.3 is 14.8 Å². The Balaban J connectivity index is 1.62. The predicted molar refractivity (Wildman–Crippen MR) is 115 cm³/mol. The van der Waals surface area contributed by atoms with Gasteiger partial charge in [0.25, 0.3) is 5.91 Å². The molecule has 3 aromatic rings. The van der Waals surface area contributed by atoms with Crippen LogP contribution in [0.4, 0.5) is 0 Å². The van der Waals surface area contributed by atoms with E-state index in [-0.39, 0.29) is 5.91 Å². The van der Waals surface area contributed by atoms with E-state index in [2.05, 4.69) is 5.32 Å². The van der Waals surface area contributed by atoms with E-state index in [1.807, 2.05) is 73.8 Å². The maximum absolute atomic E-state index is 12.7. The zero-order valence-corrected chi connectivity index (χ0v) is 17.1. The van der Waals surface area contributed by atoms with Gasteiger partial charge in [-0.3, -0.25) is 4.79 Å². The summed E-state index contributed by atoms with van der Waals surface area (Å²) in [4.78, 5) is 13.4. The molecule has 0 unspecified atom stereocenters. The highest BCUT2D eigenvalue weighted by Gasteiger charge is 2.14. The first-order valence-corrected chi connectivity index (χ1v) is 10.4. The van der Waals surface area contributed by atoms with Crippen molar-refractivity contribution in [1.29, 1.82) is 0 Å². The molecule has 5 heteroatoms. The van der Waals surface area contributed by atoms with Gasteiger partial charge in [-0.05, 0) is 55.0 Å². The Morgan fingerprint density at radius 1 is 0.964 bits per heavy atom. The Bertz CT molecular complexity index is 905. The molecule has 4 nitrogen and oxygen atoms in total. The van der Waals surface area contributed by atoms with Gasteiger partial charge in [-0.1, -0.05) is 36.4 Å². The number of benzene rings is 2. The van der Waals surface area contributed by atoms with Gasteiger partial charge in [0.15, 0.2) is 11.5 Å². The summed E-state index contributed by atoms with van der Waals surface area (Å²) in [5.74, 6) is 1.46. The molecule has 0 radical (unpaired) electrons. The molecule has 0 spiro atoms. The highest BCUT2D eigenvalue weighted by atomic mass is 32.1. The van der Waals surface area contributed by atoms with E-state index in [0.29, 0.717) is 19.8 Å². The lowest BCUT2D eigenvalue weighted by Gasteiger charge is -2.12. The second kappa shape index (κ2) is 9.95. The summed E-state index contributed by atoms with van der Waals surface area (Å²) >= 11 is 1.47. The number of thiophene rings is 1. The lowest BCUT2D eigenvalue weighted by molar-refractivity contribution is 0.0959. The van der Waals surface area contributed by atoms with E-state index >= 15 is 0 Å². The van der Waals surface area contributed by atoms with E-state index in [9.17, 15) is 4.79 Å². The van der Waals surface area contributed by atoms with Crippen LogP contribution in [0.3, 0.4) is 0 Å². The first-order valence-electron chi connectivity index (χ1n) is 9.52. The molecule has 1 aromatic heterocycles. The third-order valence-electron chi connectivity index (χ3n) is 4.26. The van der Waals surface area contributed by atoms with E-state index < -0.39 is 0 Å². The number of carbonyl (C=O) groups is 1. The second-order valence-electron chi connectivity index (χ2n) is 6.18. The minimum absolute atomic E-state index is 0.0372. The number of hydrogen-bond acceptors (Lipinski definition) is 4. The molecule has 0 saturated heterocycles. The molecule has 3 rings (SSSR count). The van der Waals surface area contributed by atoms with Crippen LogP contribution in [0.2, 0.25) is 0 Å². The van der Waals surface area contributed by atoms with Crippen molar-refractivity contribution in [2.45, 2.75) is 20.3 Å². The van der Waals surface area contributed by atoms with Crippen molar-refractivity contribution < 1.29 is 14.3 Å². The SMILES string of the molecule is CCOc1ccc(CCNC(=O)c2sccc2-c2ccccc2)cc1OCC. The van der Waals surface area contributed by atoms with E-state index in [1.165, 1.54) is 11.3 Å². The van der Waals surface area contributed by atoms with E-state index in [4.69, 9.17) is 9.47 Å². The number of nitrogens with one attached hydrogen (secondary N) is 1. The first-order chi connectivity index (χ1) is 13.7. The second-order valence-corrected chi connectivity index (χ2v) is 7.10. The first kappa shape index (κ1) is 20.0. The number of hydrogen-bond donors (Lipinski definition) is 1. The average Bonchev–Trinajstić information content (AvgIpc) is 3.21. The summed E-state index contributed by atoms with van der Waals surface area (Å²) in [6.07, 6.45) is 0.726. The summed E-state index contributed by atoms with van der Waals surface area (Å²) in [7, 11) is 0. The fourth-order valence-corrected chi connectivity index (χ4v) is 3.81. The van der Waals surface area contributed by atoms with Crippen molar-refractivity contribution >= 4 is 17.2 Å². The fourth-order valence-electron chi connectivity index (χ4n) is 2.98. The molecule has 0 saturated carbocycles. The van der Waals surface area contributed by atoms with Crippen LogP contribution in [-0.4, -0.2) is 25.7 Å². The van der Waals surface area contributed by atoms with Crippen LogP contribution in [0.1, 0.15) is 29.1 Å². The zero-order valence-electron chi connectivity index (χ0n) is 16.2. The Hall–Kier alpha value is -2.79. The van der Waals surface area contributed by atoms with Gasteiger partial charge >= 0.3 is 0 Å². The topological polar surface area (TPSA) is 47.6 Å². The van der Waals surface area contributed by atoms with Gasteiger partial charge in [0.1, 0.15) is 0 Å². The summed E-state index contributed by atoms with van der Waals surface area (Å²) in [5.41, 5.74) is 3.13. The van der Waals surface area contributed by atoms with Gasteiger partial charge in [0, 0.05) is 12.1 Å². The molecule has 0 aliphatic rings. The van der Waals surface area contributed by atoms with E-state index in [0.717, 1.165) is 39.5 Å². The lowest BCUT2D eigenvalue weighted by atomic mass is 10.1. The standard InChI is InChI=1S/C23H25NO3S/c1-3-26-20-11-10-17(16-21(20)27-4-2)12-14-24-23(25)22-19(13-15-28-22)18-8-6-5-7-9-18/h5-11,13,15-16H,3-4,12,14H2,1-2H3,(H,24,25). The summed E-state index contributed by atoms with van der Waals surface area (Å²) in [6.45, 7) is 5.65. The quantitative estimate of drug-likeness (QED) is 0.543. The van der Waals surface area contributed by atoms with Crippen molar-refractivity contribution in [2.75, 3.05) is 19.8 Å². The van der Waals surface area contributed by atoms with Crippen LogP contribution in [-0.2, 0) is 6.42 Å². The Morgan fingerprint density at radius 2 is 1.71 bits per heavy atom. The molecule has 146 valence electrons. The van der Waals surface area contributed by atoms with Gasteiger partial charge in [-0.25, -0.2) is 0 Å². The molecule has 1 N–H and O–H groups in total. The molecule has 0 atom stereocenters. The van der Waals surface area contributed by atoms with Crippen molar-refractivity contribution in [3.63, 3.8) is 0 Å². The summed E-state index contributed by atoms with van der Waals surface area (Å²) in [6, 6.07) is 17.9. The van der Waals surface area contributed by atoms with Crippen molar-refractivity contribution in [1.82, 2.24) is 5.32 Å². The van der Waals surface area contributed by atoms with Crippen LogP contribution in [0, 0.1) is 0 Å². The molecule has 0 aliphatic heterocycles. The van der Waals surface area contributed by atoms with Crippen LogP contribution in [0.25, 0.3) is 11.1 Å². The number of carbonyl (C=O) groups excluding carboxylic acids is 1. The van der Waals surface area contributed by atoms with Crippen molar-refractivity contribution in [3.8, 4) is 22.6 Å². The van der Waals surface area contributed by atoms with Crippen LogP contribution in [0.15, 0.2) is 60.0 Å². The summed E-state index contributed by atoms with van der Waals surface area (Å²) in [5, 5.41) is 4.99. The van der Waals surface area contributed by atoms with Crippen LogP contribution < -0.4 is 14.8 Å². The maximum atomic E-state index is 12.7. The monoisotopic (exact) mass is 395 g/mol. The molecule has 0 fully saturated rings. The number of rotatable bonds is 9. The van der Waals surface area contributed by atoms with E-state index in [1.54, 1.807) is 0 Å². The molecular formula is C23H25NO3S. The Kier molecular flexibility index (Phi) is 7.09. The summed E-state index contributed by atoms with van der Waals surface area (Å²) < 4.78 is 11.3. The molecule has 0 bridgehead atoms. The van der Waals surface area contributed by atoms with Crippen molar-refractivity contribution in [3.05, 3.63) is 70.4 Å². The van der Waals surface area contributed by atoms with Gasteiger partial charge in [0.2, 0.25) is 0 Å². The average molecular weight is 396 g/mol. The van der Waals surface area contributed by atoms with Crippen molar-refractivity contribution in [2.24, 2.45) is 0 Å². The highest BCUT2D eigenvalue weighted by molar-refractivity contribution is 7.12. The number of ether oxygens (including phenoxy) is 2. The minimum atomic E-state index is -0.0372. The normalized spacial score (nSPS) is 10.5. The third-order valence-corrected chi connectivity index (χ3v) is 5.18. The van der Waals surface area contributed by atoms with Crippen LogP contribution in [0.5, 0.6) is 11.5 Å². The molecule has 0 aliphatic carbocycles. The fraction of sp³-hybridized carbons (Fsp3) is 0.261. The molecule has 28 heavy (non-hydrogen) atoms. The smallest absolute Gasteiger partial charge is 0.261 e. The molecular weight excluding hydrogens is 370 g/mol. The third kappa shape index (κ3) is 4.93. The van der Waals surface area contributed by atoms with Gasteiger partial charge in [-0.2, -0.15) is 0 Å². The largest absolute Gasteiger partial charge is 0.490 e. The Labute approximate surface area is 170 Å². The molecule has 2 aromatic carbocycles. The molecule has 1 amide bonds. The predicted octanol–water partition coefficient (Wildman–Crippen LogP) is 5.19. The molecule has 1 heterocycles. The lowest BCUT2D eigenvalue weighted by Crippen LogP contribution is -2.25.